The van der Waals surface area contributed by atoms with E-state index in [4.69, 9.17) is 0 Å². The van der Waals surface area contributed by atoms with E-state index in [1.165, 1.54) is 35.6 Å². The Morgan fingerprint density at radius 1 is 1.50 bits per heavy atom. The Balaban J connectivity index is 1.87. The highest BCUT2D eigenvalue weighted by Crippen LogP contribution is 2.17. The first-order valence-electron chi connectivity index (χ1n) is 6.12. The van der Waals surface area contributed by atoms with Crippen molar-refractivity contribution in [3.63, 3.8) is 0 Å². The average Bonchev–Trinajstić information content (AvgIpc) is 2.68. The molecule has 1 N–H and O–H groups in total. The molecule has 1 fully saturated rings. The van der Waals surface area contributed by atoms with Gasteiger partial charge in [0, 0.05) is 31.4 Å². The number of aryl methyl sites for hydroxylation is 2. The Morgan fingerprint density at radius 3 is 2.94 bits per heavy atom. The van der Waals surface area contributed by atoms with Crippen molar-refractivity contribution in [2.75, 3.05) is 11.5 Å². The summed E-state index contributed by atoms with van der Waals surface area (Å²) < 4.78 is 1.92. The third-order valence-corrected chi connectivity index (χ3v) is 4.18. The van der Waals surface area contributed by atoms with Gasteiger partial charge in [-0.15, -0.1) is 0 Å². The molecule has 2 heterocycles. The van der Waals surface area contributed by atoms with Crippen LogP contribution in [0.1, 0.15) is 31.0 Å². The molecule has 1 aromatic rings. The molecule has 90 valence electrons. The predicted octanol–water partition coefficient (Wildman–Crippen LogP) is 1.97. The van der Waals surface area contributed by atoms with Gasteiger partial charge in [-0.3, -0.25) is 4.68 Å². The lowest BCUT2D eigenvalue weighted by Crippen LogP contribution is -2.32. The maximum absolute atomic E-state index is 4.47. The number of hydrogen-bond acceptors (Lipinski definition) is 3. The molecule has 0 unspecified atom stereocenters. The number of aromatic nitrogens is 2. The summed E-state index contributed by atoms with van der Waals surface area (Å²) in [4.78, 5) is 0. The van der Waals surface area contributed by atoms with Crippen LogP contribution >= 0.6 is 11.8 Å². The lowest BCUT2D eigenvalue weighted by Gasteiger charge is -2.22. The number of nitrogens with zero attached hydrogens (tertiary/aromatic N) is 2. The smallest absolute Gasteiger partial charge is 0.0666 e. The number of thioether (sulfide) groups is 1. The topological polar surface area (TPSA) is 29.9 Å². The molecular weight excluding hydrogens is 218 g/mol. The van der Waals surface area contributed by atoms with Gasteiger partial charge in [0.05, 0.1) is 5.69 Å². The number of nitrogens with one attached hydrogen (secondary N) is 1. The van der Waals surface area contributed by atoms with Gasteiger partial charge in [-0.2, -0.15) is 16.9 Å². The molecule has 0 saturated carbocycles. The Labute approximate surface area is 102 Å². The van der Waals surface area contributed by atoms with Gasteiger partial charge < -0.3 is 5.32 Å². The first-order chi connectivity index (χ1) is 7.79. The molecule has 1 saturated heterocycles. The predicted molar refractivity (Wildman–Crippen MR) is 69.8 cm³/mol. The molecule has 16 heavy (non-hydrogen) atoms. The summed E-state index contributed by atoms with van der Waals surface area (Å²) in [5.74, 6) is 2.62. The van der Waals surface area contributed by atoms with Crippen LogP contribution in [-0.2, 0) is 20.0 Å². The van der Waals surface area contributed by atoms with E-state index in [-0.39, 0.29) is 0 Å². The van der Waals surface area contributed by atoms with Gasteiger partial charge in [-0.25, -0.2) is 0 Å². The van der Waals surface area contributed by atoms with E-state index in [1.807, 2.05) is 11.7 Å². The summed E-state index contributed by atoms with van der Waals surface area (Å²) in [6.07, 6.45) is 5.79. The minimum Gasteiger partial charge on any atom is -0.310 e. The third kappa shape index (κ3) is 3.01. The molecular formula is C12H21N3S. The van der Waals surface area contributed by atoms with Crippen molar-refractivity contribution in [2.24, 2.45) is 7.05 Å². The van der Waals surface area contributed by atoms with Crippen molar-refractivity contribution < 1.29 is 0 Å². The highest BCUT2D eigenvalue weighted by molar-refractivity contribution is 7.99. The lowest BCUT2D eigenvalue weighted by molar-refractivity contribution is 0.481. The van der Waals surface area contributed by atoms with Crippen molar-refractivity contribution in [3.05, 3.63) is 17.5 Å². The van der Waals surface area contributed by atoms with E-state index < -0.39 is 0 Å². The largest absolute Gasteiger partial charge is 0.310 e. The van der Waals surface area contributed by atoms with Crippen LogP contribution in [0.15, 0.2) is 6.20 Å². The van der Waals surface area contributed by atoms with Gasteiger partial charge in [0.25, 0.3) is 0 Å². The van der Waals surface area contributed by atoms with Crippen LogP contribution < -0.4 is 5.32 Å². The monoisotopic (exact) mass is 239 g/mol. The number of hydrogen-bond donors (Lipinski definition) is 1. The van der Waals surface area contributed by atoms with Gasteiger partial charge >= 0.3 is 0 Å². The van der Waals surface area contributed by atoms with Gasteiger partial charge in [0.1, 0.15) is 0 Å². The van der Waals surface area contributed by atoms with Gasteiger partial charge in [0.2, 0.25) is 0 Å². The number of rotatable bonds is 4. The molecule has 1 aliphatic heterocycles. The van der Waals surface area contributed by atoms with E-state index >= 15 is 0 Å². The van der Waals surface area contributed by atoms with E-state index in [9.17, 15) is 0 Å². The summed E-state index contributed by atoms with van der Waals surface area (Å²) in [6, 6.07) is 0.714. The molecule has 4 heteroatoms. The highest BCUT2D eigenvalue weighted by atomic mass is 32.2. The molecule has 1 aliphatic rings. The van der Waals surface area contributed by atoms with Gasteiger partial charge in [-0.1, -0.05) is 6.92 Å². The minimum absolute atomic E-state index is 0.714. The standard InChI is InChI=1S/C12H21N3S/c1-3-12-10(9-15(2)14-12)8-13-11-4-6-16-7-5-11/h9,11,13H,3-8H2,1-2H3. The average molecular weight is 239 g/mol. The molecule has 0 bridgehead atoms. The summed E-state index contributed by atoms with van der Waals surface area (Å²) >= 11 is 2.08. The summed E-state index contributed by atoms with van der Waals surface area (Å²) in [5, 5.41) is 8.12. The molecule has 0 atom stereocenters. The SMILES string of the molecule is CCc1nn(C)cc1CNC1CCSCC1. The van der Waals surface area contributed by atoms with Crippen LogP contribution in [0.3, 0.4) is 0 Å². The zero-order valence-corrected chi connectivity index (χ0v) is 11.0. The molecule has 0 amide bonds. The fourth-order valence-corrected chi connectivity index (χ4v) is 3.29. The second kappa shape index (κ2) is 5.73. The molecule has 2 rings (SSSR count). The molecule has 0 aliphatic carbocycles. The third-order valence-electron chi connectivity index (χ3n) is 3.13. The molecule has 0 aromatic carbocycles. The van der Waals surface area contributed by atoms with Crippen LogP contribution in [0.5, 0.6) is 0 Å². The summed E-state index contributed by atoms with van der Waals surface area (Å²) in [6.45, 7) is 3.15. The maximum Gasteiger partial charge on any atom is 0.0666 e. The minimum atomic E-state index is 0.714. The Bertz CT molecular complexity index is 329. The first kappa shape index (κ1) is 12.0. The van der Waals surface area contributed by atoms with E-state index in [2.05, 4.69) is 35.3 Å². The first-order valence-corrected chi connectivity index (χ1v) is 7.27. The summed E-state index contributed by atoms with van der Waals surface area (Å²) in [7, 11) is 2.00. The fourth-order valence-electron chi connectivity index (χ4n) is 2.18. The maximum atomic E-state index is 4.47. The zero-order valence-electron chi connectivity index (χ0n) is 10.2. The van der Waals surface area contributed by atoms with Crippen molar-refractivity contribution >= 4 is 11.8 Å². The van der Waals surface area contributed by atoms with Crippen LogP contribution in [0, 0.1) is 0 Å². The van der Waals surface area contributed by atoms with E-state index in [0.29, 0.717) is 6.04 Å². The molecule has 0 radical (unpaired) electrons. The van der Waals surface area contributed by atoms with Crippen molar-refractivity contribution in [3.8, 4) is 0 Å². The van der Waals surface area contributed by atoms with Crippen LogP contribution in [0.4, 0.5) is 0 Å². The Hall–Kier alpha value is -0.480. The molecule has 0 spiro atoms. The normalized spacial score (nSPS) is 17.9. The molecule has 3 nitrogen and oxygen atoms in total. The second-order valence-corrected chi connectivity index (χ2v) is 5.62. The van der Waals surface area contributed by atoms with Crippen molar-refractivity contribution in [1.29, 1.82) is 0 Å². The Kier molecular flexibility index (Phi) is 4.29. The zero-order chi connectivity index (χ0) is 11.4. The Morgan fingerprint density at radius 2 is 2.25 bits per heavy atom. The summed E-state index contributed by atoms with van der Waals surface area (Å²) in [5.41, 5.74) is 2.60. The van der Waals surface area contributed by atoms with E-state index in [1.54, 1.807) is 0 Å². The van der Waals surface area contributed by atoms with Gasteiger partial charge in [0.15, 0.2) is 0 Å². The lowest BCUT2D eigenvalue weighted by atomic mass is 10.1. The fraction of sp³-hybridized carbons (Fsp3) is 0.750. The van der Waals surface area contributed by atoms with Crippen LogP contribution in [0.25, 0.3) is 0 Å². The van der Waals surface area contributed by atoms with Crippen LogP contribution in [-0.4, -0.2) is 27.3 Å². The van der Waals surface area contributed by atoms with Crippen molar-refractivity contribution in [1.82, 2.24) is 15.1 Å². The second-order valence-electron chi connectivity index (χ2n) is 4.40. The quantitative estimate of drug-likeness (QED) is 0.871. The van der Waals surface area contributed by atoms with Crippen molar-refractivity contribution in [2.45, 2.75) is 38.8 Å². The van der Waals surface area contributed by atoms with E-state index in [0.717, 1.165) is 13.0 Å². The highest BCUT2D eigenvalue weighted by Gasteiger charge is 2.14. The van der Waals surface area contributed by atoms with Crippen LogP contribution in [0.2, 0.25) is 0 Å². The molecule has 1 aromatic heterocycles. The van der Waals surface area contributed by atoms with Gasteiger partial charge in [-0.05, 0) is 30.8 Å².